The van der Waals surface area contributed by atoms with E-state index in [0.29, 0.717) is 6.42 Å². The molecule has 0 bridgehead atoms. The van der Waals surface area contributed by atoms with E-state index in [2.05, 4.69) is 20.3 Å². The zero-order valence-corrected chi connectivity index (χ0v) is 13.1. The Labute approximate surface area is 127 Å². The van der Waals surface area contributed by atoms with Crippen molar-refractivity contribution in [2.45, 2.75) is 32.5 Å². The van der Waals surface area contributed by atoms with Gasteiger partial charge >= 0.3 is 0 Å². The number of carbonyl (C=O) groups excluding carboxylic acids is 1. The fourth-order valence-electron chi connectivity index (χ4n) is 2.73. The molecule has 0 unspecified atom stereocenters. The lowest BCUT2D eigenvalue weighted by molar-refractivity contribution is -0.121. The predicted molar refractivity (Wildman–Crippen MR) is 80.9 cm³/mol. The summed E-state index contributed by atoms with van der Waals surface area (Å²) in [7, 11) is 1.67. The molecular formula is C14H19N5OS. The van der Waals surface area contributed by atoms with E-state index < -0.39 is 0 Å². The van der Waals surface area contributed by atoms with Crippen LogP contribution in [-0.2, 0) is 17.9 Å². The van der Waals surface area contributed by atoms with E-state index in [4.69, 9.17) is 0 Å². The number of aryl methyl sites for hydroxylation is 1. The maximum absolute atomic E-state index is 11.7. The van der Waals surface area contributed by atoms with E-state index in [9.17, 15) is 4.79 Å². The summed E-state index contributed by atoms with van der Waals surface area (Å²) < 4.78 is 1.99. The smallest absolute Gasteiger partial charge is 0.221 e. The summed E-state index contributed by atoms with van der Waals surface area (Å²) in [5.74, 6) is 0.0530. The van der Waals surface area contributed by atoms with Gasteiger partial charge in [0.05, 0.1) is 29.4 Å². The number of hydrogen-bond donors (Lipinski definition) is 1. The summed E-state index contributed by atoms with van der Waals surface area (Å²) >= 11 is 1.69. The summed E-state index contributed by atoms with van der Waals surface area (Å²) in [6.45, 7) is 4.62. The normalized spacial score (nSPS) is 18.5. The number of carbonyl (C=O) groups is 1. The first-order chi connectivity index (χ1) is 10.2. The van der Waals surface area contributed by atoms with Crippen molar-refractivity contribution in [2.24, 2.45) is 0 Å². The molecule has 0 saturated heterocycles. The highest BCUT2D eigenvalue weighted by Crippen LogP contribution is 2.25. The number of thiazole rings is 1. The largest absolute Gasteiger partial charge is 0.359 e. The van der Waals surface area contributed by atoms with Crippen molar-refractivity contribution in [2.75, 3.05) is 13.6 Å². The molecule has 1 aliphatic rings. The van der Waals surface area contributed by atoms with Crippen molar-refractivity contribution >= 4 is 17.2 Å². The first kappa shape index (κ1) is 14.2. The van der Waals surface area contributed by atoms with Crippen LogP contribution < -0.4 is 5.32 Å². The lowest BCUT2D eigenvalue weighted by atomic mass is 10.1. The zero-order valence-electron chi connectivity index (χ0n) is 12.2. The van der Waals surface area contributed by atoms with Gasteiger partial charge in [-0.2, -0.15) is 5.10 Å². The van der Waals surface area contributed by atoms with Gasteiger partial charge in [-0.3, -0.25) is 14.4 Å². The van der Waals surface area contributed by atoms with Gasteiger partial charge in [0, 0.05) is 37.8 Å². The quantitative estimate of drug-likeness (QED) is 0.926. The van der Waals surface area contributed by atoms with E-state index >= 15 is 0 Å². The van der Waals surface area contributed by atoms with Gasteiger partial charge < -0.3 is 5.32 Å². The minimum atomic E-state index is 0.0530. The molecule has 3 heterocycles. The highest BCUT2D eigenvalue weighted by molar-refractivity contribution is 7.09. The fraction of sp³-hybridized carbons (Fsp3) is 0.500. The average Bonchev–Trinajstić information content (AvgIpc) is 3.08. The second kappa shape index (κ2) is 5.95. The number of fused-ring (bicyclic) bond motifs is 1. The van der Waals surface area contributed by atoms with Gasteiger partial charge in [0.25, 0.3) is 0 Å². The first-order valence-corrected chi connectivity index (χ1v) is 7.89. The molecule has 0 fully saturated rings. The average molecular weight is 305 g/mol. The van der Waals surface area contributed by atoms with Crippen LogP contribution in [0.15, 0.2) is 17.8 Å². The molecule has 0 aromatic carbocycles. The molecule has 1 N–H and O–H groups in total. The lowest BCUT2D eigenvalue weighted by Gasteiger charge is -2.33. The third-order valence-corrected chi connectivity index (χ3v) is 4.78. The zero-order chi connectivity index (χ0) is 14.8. The third kappa shape index (κ3) is 2.98. The Morgan fingerprint density at radius 1 is 1.57 bits per heavy atom. The third-order valence-electron chi connectivity index (χ3n) is 3.86. The summed E-state index contributed by atoms with van der Waals surface area (Å²) in [5.41, 5.74) is 4.15. The lowest BCUT2D eigenvalue weighted by Crippen LogP contribution is -2.39. The van der Waals surface area contributed by atoms with Gasteiger partial charge in [0.1, 0.15) is 0 Å². The van der Waals surface area contributed by atoms with Crippen LogP contribution in [0, 0.1) is 6.92 Å². The maximum Gasteiger partial charge on any atom is 0.221 e. The predicted octanol–water partition coefficient (Wildman–Crippen LogP) is 1.34. The van der Waals surface area contributed by atoms with Crippen molar-refractivity contribution in [3.8, 4) is 0 Å². The van der Waals surface area contributed by atoms with Gasteiger partial charge in [-0.25, -0.2) is 4.98 Å². The van der Waals surface area contributed by atoms with E-state index in [1.54, 1.807) is 18.4 Å². The van der Waals surface area contributed by atoms with Crippen LogP contribution in [0.2, 0.25) is 0 Å². The summed E-state index contributed by atoms with van der Waals surface area (Å²) in [6, 6.07) is 2.12. The summed E-state index contributed by atoms with van der Waals surface area (Å²) in [5, 5.41) is 7.07. The van der Waals surface area contributed by atoms with Crippen molar-refractivity contribution in [3.63, 3.8) is 0 Å². The molecule has 1 aliphatic heterocycles. The highest BCUT2D eigenvalue weighted by Gasteiger charge is 2.27. The number of nitrogens with zero attached hydrogens (tertiary/aromatic N) is 4. The maximum atomic E-state index is 11.7. The van der Waals surface area contributed by atoms with Gasteiger partial charge in [-0.15, -0.1) is 11.3 Å². The molecule has 7 heteroatoms. The van der Waals surface area contributed by atoms with Crippen LogP contribution in [0.4, 0.5) is 0 Å². The van der Waals surface area contributed by atoms with Crippen LogP contribution in [0.1, 0.15) is 28.7 Å². The van der Waals surface area contributed by atoms with E-state index in [-0.39, 0.29) is 11.9 Å². The Morgan fingerprint density at radius 2 is 2.43 bits per heavy atom. The minimum absolute atomic E-state index is 0.0530. The number of amides is 1. The molecule has 112 valence electrons. The molecule has 21 heavy (non-hydrogen) atoms. The van der Waals surface area contributed by atoms with Crippen LogP contribution in [0.5, 0.6) is 0 Å². The van der Waals surface area contributed by atoms with Gasteiger partial charge in [-0.05, 0) is 13.0 Å². The second-order valence-corrected chi connectivity index (χ2v) is 6.27. The van der Waals surface area contributed by atoms with E-state index in [1.165, 1.54) is 4.88 Å². The molecule has 6 nitrogen and oxygen atoms in total. The number of hydrogen-bond acceptors (Lipinski definition) is 5. The molecule has 2 aromatic rings. The standard InChI is InChI=1S/C14H19N5OS/c1-10-13(21-9-16-10)8-18-6-11-3-4-17-19(11)12(7-18)5-14(20)15-2/h3-4,9,12H,5-8H2,1-2H3,(H,15,20)/t12-/m1/s1. The first-order valence-electron chi connectivity index (χ1n) is 7.01. The number of rotatable bonds is 4. The Hall–Kier alpha value is -1.73. The monoisotopic (exact) mass is 305 g/mol. The molecule has 1 amide bonds. The molecule has 2 aromatic heterocycles. The van der Waals surface area contributed by atoms with Crippen LogP contribution in [0.25, 0.3) is 0 Å². The summed E-state index contributed by atoms with van der Waals surface area (Å²) in [4.78, 5) is 19.7. The topological polar surface area (TPSA) is 63.1 Å². The number of nitrogens with one attached hydrogen (secondary N) is 1. The van der Waals surface area contributed by atoms with Crippen LogP contribution in [-0.4, -0.2) is 39.2 Å². The molecule has 0 spiro atoms. The van der Waals surface area contributed by atoms with Crippen molar-refractivity contribution < 1.29 is 4.79 Å². The van der Waals surface area contributed by atoms with Gasteiger partial charge in [-0.1, -0.05) is 0 Å². The Kier molecular flexibility index (Phi) is 4.03. The highest BCUT2D eigenvalue weighted by atomic mass is 32.1. The van der Waals surface area contributed by atoms with Crippen LogP contribution in [0.3, 0.4) is 0 Å². The van der Waals surface area contributed by atoms with Gasteiger partial charge in [0.2, 0.25) is 5.91 Å². The second-order valence-electron chi connectivity index (χ2n) is 5.33. The van der Waals surface area contributed by atoms with Crippen molar-refractivity contribution in [3.05, 3.63) is 34.0 Å². The van der Waals surface area contributed by atoms with Crippen LogP contribution >= 0.6 is 11.3 Å². The van der Waals surface area contributed by atoms with E-state index in [0.717, 1.165) is 31.0 Å². The molecule has 0 radical (unpaired) electrons. The SMILES string of the molecule is CNC(=O)C[C@@H]1CN(Cc2scnc2C)Cc2ccnn21. The Morgan fingerprint density at radius 3 is 3.14 bits per heavy atom. The summed E-state index contributed by atoms with van der Waals surface area (Å²) in [6.07, 6.45) is 2.27. The molecule has 1 atom stereocenters. The molecule has 0 saturated carbocycles. The number of aromatic nitrogens is 3. The Balaban J connectivity index is 1.77. The minimum Gasteiger partial charge on any atom is -0.359 e. The van der Waals surface area contributed by atoms with Gasteiger partial charge in [0.15, 0.2) is 0 Å². The molecule has 3 rings (SSSR count). The Bertz CT molecular complexity index is 635. The van der Waals surface area contributed by atoms with E-state index in [1.807, 2.05) is 29.4 Å². The molecular weight excluding hydrogens is 286 g/mol. The van der Waals surface area contributed by atoms with Crippen molar-refractivity contribution in [1.29, 1.82) is 0 Å². The van der Waals surface area contributed by atoms with Crippen molar-refractivity contribution in [1.82, 2.24) is 25.0 Å². The fourth-order valence-corrected chi connectivity index (χ4v) is 3.55. The molecule has 0 aliphatic carbocycles.